The van der Waals surface area contributed by atoms with Gasteiger partial charge in [-0.05, 0) is 17.5 Å². The van der Waals surface area contributed by atoms with Gasteiger partial charge in [-0.25, -0.2) is 0 Å². The standard InChI is InChI=1S/C19H34O5Si2/c1-9-16(24-26(25(7)8)19(2,3)4)15-11-10-12-17(22-13-20-5)18(15)23-14-21-6/h10-12,16H,9,13-14H2,1-8H3. The molecule has 0 aliphatic heterocycles. The maximum Gasteiger partial charge on any atom is 0.200 e. The van der Waals surface area contributed by atoms with E-state index in [-0.39, 0.29) is 24.7 Å². The molecule has 0 bridgehead atoms. The average molecular weight is 399 g/mol. The fourth-order valence-electron chi connectivity index (χ4n) is 2.85. The summed E-state index contributed by atoms with van der Waals surface area (Å²) in [4.78, 5) is 0. The van der Waals surface area contributed by atoms with Crippen molar-refractivity contribution in [3.05, 3.63) is 23.8 Å². The molecular weight excluding hydrogens is 364 g/mol. The van der Waals surface area contributed by atoms with Crippen LogP contribution in [0.4, 0.5) is 0 Å². The van der Waals surface area contributed by atoms with E-state index in [0.29, 0.717) is 11.5 Å². The van der Waals surface area contributed by atoms with Gasteiger partial charge in [0.25, 0.3) is 0 Å². The number of hydrogen-bond donors (Lipinski definition) is 0. The highest BCUT2D eigenvalue weighted by Gasteiger charge is 2.35. The zero-order valence-electron chi connectivity index (χ0n) is 17.5. The molecular formula is C19H34O5Si2. The van der Waals surface area contributed by atoms with Crippen molar-refractivity contribution < 1.29 is 23.4 Å². The lowest BCUT2D eigenvalue weighted by Crippen LogP contribution is -2.42. The lowest BCUT2D eigenvalue weighted by atomic mass is 10.1. The van der Waals surface area contributed by atoms with Crippen molar-refractivity contribution in [2.45, 2.75) is 58.4 Å². The first kappa shape index (κ1) is 23.2. The van der Waals surface area contributed by atoms with Crippen LogP contribution in [0.3, 0.4) is 0 Å². The molecule has 0 fully saturated rings. The van der Waals surface area contributed by atoms with E-state index in [9.17, 15) is 0 Å². The SMILES string of the molecule is CCC(O[Si]([Si](C)C)C(C)(C)C)c1cccc(OCOC)c1OCOC. The van der Waals surface area contributed by atoms with Crippen LogP contribution in [0.25, 0.3) is 0 Å². The zero-order valence-corrected chi connectivity index (χ0v) is 19.5. The van der Waals surface area contributed by atoms with Crippen LogP contribution in [-0.4, -0.2) is 44.7 Å². The second-order valence-corrected chi connectivity index (χ2v) is 16.1. The average Bonchev–Trinajstić information content (AvgIpc) is 2.57. The van der Waals surface area contributed by atoms with Crippen molar-refractivity contribution >= 4 is 16.9 Å². The van der Waals surface area contributed by atoms with Crippen LogP contribution in [0.15, 0.2) is 18.2 Å². The van der Waals surface area contributed by atoms with Gasteiger partial charge in [0.1, 0.15) is 0 Å². The van der Waals surface area contributed by atoms with Gasteiger partial charge in [-0.3, -0.25) is 0 Å². The molecule has 0 spiro atoms. The van der Waals surface area contributed by atoms with Crippen molar-refractivity contribution in [2.24, 2.45) is 0 Å². The van der Waals surface area contributed by atoms with Crippen LogP contribution >= 0.6 is 0 Å². The quantitative estimate of drug-likeness (QED) is 0.398. The van der Waals surface area contributed by atoms with E-state index in [1.807, 2.05) is 12.1 Å². The molecule has 2 radical (unpaired) electrons. The van der Waals surface area contributed by atoms with Crippen LogP contribution < -0.4 is 9.47 Å². The zero-order chi connectivity index (χ0) is 19.7. The first-order chi connectivity index (χ1) is 12.3. The molecule has 1 unspecified atom stereocenters. The van der Waals surface area contributed by atoms with Crippen LogP contribution in [0.2, 0.25) is 18.1 Å². The lowest BCUT2D eigenvalue weighted by molar-refractivity contribution is 0.0302. The monoisotopic (exact) mass is 398 g/mol. The van der Waals surface area contributed by atoms with E-state index >= 15 is 0 Å². The molecule has 0 saturated carbocycles. The second-order valence-electron chi connectivity index (χ2n) is 7.37. The highest BCUT2D eigenvalue weighted by Crippen LogP contribution is 2.40. The van der Waals surface area contributed by atoms with Gasteiger partial charge in [0.05, 0.1) is 14.4 Å². The molecule has 1 atom stereocenters. The molecule has 1 aromatic rings. The Kier molecular flexibility index (Phi) is 9.88. The van der Waals surface area contributed by atoms with Gasteiger partial charge in [-0.15, -0.1) is 0 Å². The molecule has 7 heteroatoms. The molecule has 1 aromatic carbocycles. The normalized spacial score (nSPS) is 13.3. The minimum Gasteiger partial charge on any atom is -0.464 e. The minimum absolute atomic E-state index is 0.0269. The maximum atomic E-state index is 6.73. The minimum atomic E-state index is -0.951. The molecule has 0 aliphatic carbocycles. The second kappa shape index (κ2) is 11.1. The molecule has 0 heterocycles. The summed E-state index contributed by atoms with van der Waals surface area (Å²) in [5.74, 6) is 1.32. The Bertz CT molecular complexity index is 531. The molecule has 0 amide bonds. The lowest BCUT2D eigenvalue weighted by Gasteiger charge is -2.34. The highest BCUT2D eigenvalue weighted by molar-refractivity contribution is 7.19. The molecule has 0 aromatic heterocycles. The molecule has 0 aliphatic rings. The Hall–Kier alpha value is -0.866. The first-order valence-electron chi connectivity index (χ1n) is 8.97. The molecule has 0 saturated heterocycles. The predicted molar refractivity (Wildman–Crippen MR) is 109 cm³/mol. The fraction of sp³-hybridized carbons (Fsp3) is 0.684. The smallest absolute Gasteiger partial charge is 0.200 e. The summed E-state index contributed by atoms with van der Waals surface area (Å²) >= 11 is 0. The summed E-state index contributed by atoms with van der Waals surface area (Å²) in [6, 6.07) is 5.91. The van der Waals surface area contributed by atoms with Gasteiger partial charge >= 0.3 is 0 Å². The van der Waals surface area contributed by atoms with Gasteiger partial charge in [-0.1, -0.05) is 52.9 Å². The molecule has 148 valence electrons. The summed E-state index contributed by atoms with van der Waals surface area (Å²) in [6.45, 7) is 14.0. The number of methoxy groups -OCH3 is 2. The maximum absolute atomic E-state index is 6.73. The van der Waals surface area contributed by atoms with Crippen molar-refractivity contribution in [1.82, 2.24) is 0 Å². The van der Waals surface area contributed by atoms with Gasteiger partial charge in [0, 0.05) is 19.8 Å². The summed E-state index contributed by atoms with van der Waals surface area (Å²) < 4.78 is 28.4. The summed E-state index contributed by atoms with van der Waals surface area (Å²) in [5, 5.41) is 0.188. The van der Waals surface area contributed by atoms with Crippen molar-refractivity contribution in [2.75, 3.05) is 27.8 Å². The molecule has 0 N–H and O–H groups in total. The van der Waals surface area contributed by atoms with E-state index in [2.05, 4.69) is 46.9 Å². The third-order valence-electron chi connectivity index (χ3n) is 3.78. The number of ether oxygens (including phenoxy) is 4. The topological polar surface area (TPSA) is 46.2 Å². The van der Waals surface area contributed by atoms with Gasteiger partial charge < -0.3 is 23.4 Å². The Morgan fingerprint density at radius 2 is 1.62 bits per heavy atom. The van der Waals surface area contributed by atoms with Crippen molar-refractivity contribution in [3.63, 3.8) is 0 Å². The first-order valence-corrected chi connectivity index (χ1v) is 13.9. The van der Waals surface area contributed by atoms with E-state index in [4.69, 9.17) is 23.4 Å². The molecule has 5 nitrogen and oxygen atoms in total. The third kappa shape index (κ3) is 6.70. The third-order valence-corrected chi connectivity index (χ3v) is 11.9. The van der Waals surface area contributed by atoms with Crippen molar-refractivity contribution in [3.8, 4) is 11.5 Å². The Morgan fingerprint density at radius 1 is 1.00 bits per heavy atom. The highest BCUT2D eigenvalue weighted by atomic mass is 29.2. The van der Waals surface area contributed by atoms with Gasteiger partial charge in [0.2, 0.25) is 0 Å². The van der Waals surface area contributed by atoms with Crippen LogP contribution in [0.5, 0.6) is 11.5 Å². The van der Waals surface area contributed by atoms with E-state index < -0.39 is 16.9 Å². The van der Waals surface area contributed by atoms with Gasteiger partial charge in [-0.2, -0.15) is 0 Å². The summed E-state index contributed by atoms with van der Waals surface area (Å²) in [6.07, 6.45) is 0.845. The van der Waals surface area contributed by atoms with Gasteiger partial charge in [0.15, 0.2) is 33.6 Å². The van der Waals surface area contributed by atoms with Crippen molar-refractivity contribution in [1.29, 1.82) is 0 Å². The Balaban J connectivity index is 3.22. The summed E-state index contributed by atoms with van der Waals surface area (Å²) in [7, 11) is 1.72. The number of hydrogen-bond acceptors (Lipinski definition) is 5. The summed E-state index contributed by atoms with van der Waals surface area (Å²) in [5.41, 5.74) is 1.01. The Morgan fingerprint density at radius 3 is 2.12 bits per heavy atom. The van der Waals surface area contributed by atoms with Crippen LogP contribution in [0, 0.1) is 0 Å². The van der Waals surface area contributed by atoms with E-state index in [1.165, 1.54) is 0 Å². The fourth-order valence-corrected chi connectivity index (χ4v) is 11.1. The van der Waals surface area contributed by atoms with Crippen LogP contribution in [0.1, 0.15) is 45.8 Å². The predicted octanol–water partition coefficient (Wildman–Crippen LogP) is 4.74. The Labute approximate surface area is 162 Å². The number of rotatable bonds is 11. The number of para-hydroxylation sites is 1. The largest absolute Gasteiger partial charge is 0.464 e. The van der Waals surface area contributed by atoms with E-state index in [1.54, 1.807) is 14.2 Å². The molecule has 1 rings (SSSR count). The number of benzene rings is 1. The van der Waals surface area contributed by atoms with Crippen LogP contribution in [-0.2, 0) is 13.9 Å². The van der Waals surface area contributed by atoms with E-state index in [0.717, 1.165) is 12.0 Å². The molecule has 26 heavy (non-hydrogen) atoms.